The molecule has 0 unspecified atom stereocenters. The van der Waals surface area contributed by atoms with Crippen LogP contribution in [0.4, 0.5) is 0 Å². The largest absolute Gasteiger partial charge is 0.352 e. The van der Waals surface area contributed by atoms with Gasteiger partial charge in [0.15, 0.2) is 0 Å². The van der Waals surface area contributed by atoms with Gasteiger partial charge in [0.25, 0.3) is 0 Å². The summed E-state index contributed by atoms with van der Waals surface area (Å²) in [5.74, 6) is -0.0967. The standard InChI is InChI=1S/C14H15N3O/c18-14(7-6-13-10-15-11-17-13)16-9-8-12-4-2-1-3-5-12/h1-7,10-11H,8-9H2,(H,15,17)(H,16,18). The Kier molecular flexibility index (Phi) is 4.30. The van der Waals surface area contributed by atoms with Crippen molar-refractivity contribution >= 4 is 12.0 Å². The number of nitrogens with zero attached hydrogens (tertiary/aromatic N) is 1. The molecular formula is C14H15N3O. The monoisotopic (exact) mass is 241 g/mol. The molecular weight excluding hydrogens is 226 g/mol. The predicted molar refractivity (Wildman–Crippen MR) is 70.8 cm³/mol. The van der Waals surface area contributed by atoms with E-state index in [0.717, 1.165) is 12.1 Å². The van der Waals surface area contributed by atoms with Crippen LogP contribution in [0.3, 0.4) is 0 Å². The molecule has 1 aromatic carbocycles. The van der Waals surface area contributed by atoms with E-state index in [1.165, 1.54) is 11.6 Å². The zero-order valence-corrected chi connectivity index (χ0v) is 9.97. The third kappa shape index (κ3) is 3.90. The molecule has 0 fully saturated rings. The minimum atomic E-state index is -0.0967. The topological polar surface area (TPSA) is 57.8 Å². The summed E-state index contributed by atoms with van der Waals surface area (Å²) in [5, 5.41) is 2.83. The number of amides is 1. The summed E-state index contributed by atoms with van der Waals surface area (Å²) < 4.78 is 0. The Bertz CT molecular complexity index is 503. The molecule has 0 aliphatic rings. The highest BCUT2D eigenvalue weighted by Gasteiger charge is 1.96. The van der Waals surface area contributed by atoms with Crippen molar-refractivity contribution < 1.29 is 4.79 Å². The SMILES string of the molecule is O=C(C=Cc1cnc[nH]1)NCCc1ccccc1. The Balaban J connectivity index is 1.72. The molecule has 0 spiro atoms. The van der Waals surface area contributed by atoms with E-state index in [-0.39, 0.29) is 5.91 Å². The molecule has 18 heavy (non-hydrogen) atoms. The summed E-state index contributed by atoms with van der Waals surface area (Å²) >= 11 is 0. The molecule has 1 amide bonds. The summed E-state index contributed by atoms with van der Waals surface area (Å²) in [6.45, 7) is 0.635. The number of imidazole rings is 1. The lowest BCUT2D eigenvalue weighted by molar-refractivity contribution is -0.116. The molecule has 2 rings (SSSR count). The van der Waals surface area contributed by atoms with E-state index < -0.39 is 0 Å². The van der Waals surface area contributed by atoms with Gasteiger partial charge in [-0.2, -0.15) is 0 Å². The number of aromatic amines is 1. The Morgan fingerprint density at radius 3 is 2.89 bits per heavy atom. The van der Waals surface area contributed by atoms with E-state index in [2.05, 4.69) is 15.3 Å². The van der Waals surface area contributed by atoms with Crippen molar-refractivity contribution in [1.82, 2.24) is 15.3 Å². The van der Waals surface area contributed by atoms with E-state index in [9.17, 15) is 4.79 Å². The summed E-state index contributed by atoms with van der Waals surface area (Å²) in [6, 6.07) is 10.1. The van der Waals surface area contributed by atoms with E-state index in [1.54, 1.807) is 18.6 Å². The van der Waals surface area contributed by atoms with Gasteiger partial charge < -0.3 is 10.3 Å². The zero-order valence-electron chi connectivity index (χ0n) is 9.97. The molecule has 1 heterocycles. The first-order valence-corrected chi connectivity index (χ1v) is 5.83. The highest BCUT2D eigenvalue weighted by molar-refractivity contribution is 5.91. The maximum atomic E-state index is 11.5. The van der Waals surface area contributed by atoms with Gasteiger partial charge in [0.1, 0.15) is 0 Å². The summed E-state index contributed by atoms with van der Waals surface area (Å²) in [7, 11) is 0. The van der Waals surface area contributed by atoms with Gasteiger partial charge in [0.05, 0.1) is 18.2 Å². The predicted octanol–water partition coefficient (Wildman–Crippen LogP) is 1.78. The lowest BCUT2D eigenvalue weighted by atomic mass is 10.1. The Hall–Kier alpha value is -2.36. The van der Waals surface area contributed by atoms with Crippen LogP contribution in [0.1, 0.15) is 11.3 Å². The lowest BCUT2D eigenvalue weighted by Crippen LogP contribution is -2.23. The van der Waals surface area contributed by atoms with Crippen LogP contribution >= 0.6 is 0 Å². The number of rotatable bonds is 5. The first-order valence-electron chi connectivity index (χ1n) is 5.83. The quantitative estimate of drug-likeness (QED) is 0.784. The van der Waals surface area contributed by atoms with Gasteiger partial charge in [-0.25, -0.2) is 4.98 Å². The molecule has 1 aromatic heterocycles. The zero-order chi connectivity index (χ0) is 12.6. The molecule has 0 atom stereocenters. The van der Waals surface area contributed by atoms with E-state index >= 15 is 0 Å². The van der Waals surface area contributed by atoms with Gasteiger partial charge in [0, 0.05) is 12.6 Å². The molecule has 0 radical (unpaired) electrons. The second-order valence-corrected chi connectivity index (χ2v) is 3.87. The van der Waals surface area contributed by atoms with Crippen molar-refractivity contribution in [2.75, 3.05) is 6.54 Å². The molecule has 92 valence electrons. The van der Waals surface area contributed by atoms with Gasteiger partial charge in [-0.1, -0.05) is 30.3 Å². The van der Waals surface area contributed by atoms with Crippen LogP contribution in [0.15, 0.2) is 48.9 Å². The second-order valence-electron chi connectivity index (χ2n) is 3.87. The highest BCUT2D eigenvalue weighted by Crippen LogP contribution is 1.98. The fraction of sp³-hybridized carbons (Fsp3) is 0.143. The Morgan fingerprint density at radius 1 is 1.33 bits per heavy atom. The van der Waals surface area contributed by atoms with Crippen LogP contribution in [0.25, 0.3) is 6.08 Å². The van der Waals surface area contributed by atoms with Crippen molar-refractivity contribution in [2.24, 2.45) is 0 Å². The van der Waals surface area contributed by atoms with Crippen LogP contribution in [0, 0.1) is 0 Å². The van der Waals surface area contributed by atoms with Crippen LogP contribution in [-0.2, 0) is 11.2 Å². The van der Waals surface area contributed by atoms with E-state index in [0.29, 0.717) is 6.54 Å². The fourth-order valence-corrected chi connectivity index (χ4v) is 1.56. The van der Waals surface area contributed by atoms with Gasteiger partial charge >= 0.3 is 0 Å². The van der Waals surface area contributed by atoms with Gasteiger partial charge in [-0.15, -0.1) is 0 Å². The molecule has 0 saturated carbocycles. The Morgan fingerprint density at radius 2 is 2.17 bits per heavy atom. The maximum absolute atomic E-state index is 11.5. The number of aromatic nitrogens is 2. The smallest absolute Gasteiger partial charge is 0.244 e. The molecule has 0 saturated heterocycles. The molecule has 4 nitrogen and oxygen atoms in total. The van der Waals surface area contributed by atoms with Crippen molar-refractivity contribution in [3.8, 4) is 0 Å². The summed E-state index contributed by atoms with van der Waals surface area (Å²) in [5.41, 5.74) is 2.03. The number of carbonyl (C=O) groups excluding carboxylic acids is 1. The average molecular weight is 241 g/mol. The minimum Gasteiger partial charge on any atom is -0.352 e. The molecule has 0 bridgehead atoms. The molecule has 2 N–H and O–H groups in total. The maximum Gasteiger partial charge on any atom is 0.244 e. The third-order valence-corrected chi connectivity index (χ3v) is 2.49. The van der Waals surface area contributed by atoms with Crippen molar-refractivity contribution in [3.05, 3.63) is 60.2 Å². The molecule has 0 aliphatic carbocycles. The Labute approximate surface area is 106 Å². The summed E-state index contributed by atoms with van der Waals surface area (Å²) in [4.78, 5) is 18.3. The van der Waals surface area contributed by atoms with Crippen molar-refractivity contribution in [3.63, 3.8) is 0 Å². The van der Waals surface area contributed by atoms with Gasteiger partial charge in [0.2, 0.25) is 5.91 Å². The number of benzene rings is 1. The third-order valence-electron chi connectivity index (χ3n) is 2.49. The van der Waals surface area contributed by atoms with Crippen LogP contribution < -0.4 is 5.32 Å². The van der Waals surface area contributed by atoms with Crippen LogP contribution in [0.2, 0.25) is 0 Å². The van der Waals surface area contributed by atoms with E-state index in [1.807, 2.05) is 30.3 Å². The number of nitrogens with one attached hydrogen (secondary N) is 2. The number of carbonyl (C=O) groups is 1. The molecule has 0 aliphatic heterocycles. The lowest BCUT2D eigenvalue weighted by Gasteiger charge is -2.02. The van der Waals surface area contributed by atoms with Crippen LogP contribution in [-0.4, -0.2) is 22.4 Å². The fourth-order valence-electron chi connectivity index (χ4n) is 1.56. The van der Waals surface area contributed by atoms with E-state index in [4.69, 9.17) is 0 Å². The van der Waals surface area contributed by atoms with Crippen molar-refractivity contribution in [2.45, 2.75) is 6.42 Å². The van der Waals surface area contributed by atoms with Gasteiger partial charge in [-0.3, -0.25) is 4.79 Å². The molecule has 2 aromatic rings. The first kappa shape index (κ1) is 12.1. The second kappa shape index (κ2) is 6.39. The number of hydrogen-bond donors (Lipinski definition) is 2. The molecule has 4 heteroatoms. The summed E-state index contributed by atoms with van der Waals surface area (Å²) in [6.07, 6.45) is 7.27. The first-order chi connectivity index (χ1) is 8.84. The number of hydrogen-bond acceptors (Lipinski definition) is 2. The average Bonchev–Trinajstić information content (AvgIpc) is 2.91. The van der Waals surface area contributed by atoms with Crippen molar-refractivity contribution in [1.29, 1.82) is 0 Å². The van der Waals surface area contributed by atoms with Gasteiger partial charge in [-0.05, 0) is 18.1 Å². The van der Waals surface area contributed by atoms with Crippen LogP contribution in [0.5, 0.6) is 0 Å². The highest BCUT2D eigenvalue weighted by atomic mass is 16.1. The number of H-pyrrole nitrogens is 1. The normalized spacial score (nSPS) is 10.7. The minimum absolute atomic E-state index is 0.0967.